The highest BCUT2D eigenvalue weighted by Gasteiger charge is 2.28. The van der Waals surface area contributed by atoms with E-state index in [1.54, 1.807) is 10.9 Å². The number of carbonyl (C=O) groups excluding carboxylic acids is 1. The molecule has 1 fully saturated rings. The standard InChI is InChI=1S/C21H30N4O2/c1-16-6-8-17(9-7-16)10-11-25(15-19-5-4-12-27-19)21(26)20(22-2)18-13-23-24(3)14-18/h6-9,13-14,19-20,22H,4-5,10-12,15H2,1-3H3. The van der Waals surface area contributed by atoms with Crippen LogP contribution in [0.4, 0.5) is 0 Å². The molecule has 2 atom stereocenters. The van der Waals surface area contributed by atoms with E-state index in [0.29, 0.717) is 13.1 Å². The van der Waals surface area contributed by atoms with Crippen LogP contribution >= 0.6 is 0 Å². The molecule has 1 amide bonds. The second kappa shape index (κ2) is 9.15. The van der Waals surface area contributed by atoms with E-state index in [9.17, 15) is 4.79 Å². The van der Waals surface area contributed by atoms with Crippen molar-refractivity contribution in [2.45, 2.75) is 38.3 Å². The van der Waals surface area contributed by atoms with Gasteiger partial charge in [-0.25, -0.2) is 0 Å². The van der Waals surface area contributed by atoms with E-state index >= 15 is 0 Å². The first-order valence-corrected chi connectivity index (χ1v) is 9.68. The summed E-state index contributed by atoms with van der Waals surface area (Å²) in [5.74, 6) is 0.0770. The van der Waals surface area contributed by atoms with Gasteiger partial charge in [-0.15, -0.1) is 0 Å². The third-order valence-corrected chi connectivity index (χ3v) is 5.14. The topological polar surface area (TPSA) is 59.4 Å². The van der Waals surface area contributed by atoms with Crippen molar-refractivity contribution in [2.75, 3.05) is 26.7 Å². The largest absolute Gasteiger partial charge is 0.376 e. The highest BCUT2D eigenvalue weighted by molar-refractivity contribution is 5.83. The number of likely N-dealkylation sites (N-methyl/N-ethyl adjacent to an activating group) is 1. The first-order chi connectivity index (χ1) is 13.1. The van der Waals surface area contributed by atoms with E-state index in [2.05, 4.69) is 41.6 Å². The van der Waals surface area contributed by atoms with Gasteiger partial charge in [0, 0.05) is 38.5 Å². The molecule has 0 bridgehead atoms. The molecule has 2 heterocycles. The highest BCUT2D eigenvalue weighted by Crippen LogP contribution is 2.19. The Morgan fingerprint density at radius 2 is 2.19 bits per heavy atom. The lowest BCUT2D eigenvalue weighted by atomic mass is 10.1. The average molecular weight is 370 g/mol. The van der Waals surface area contributed by atoms with Gasteiger partial charge in [-0.1, -0.05) is 29.8 Å². The van der Waals surface area contributed by atoms with Gasteiger partial charge in [-0.2, -0.15) is 5.10 Å². The Morgan fingerprint density at radius 1 is 1.41 bits per heavy atom. The summed E-state index contributed by atoms with van der Waals surface area (Å²) in [5.41, 5.74) is 3.38. The number of rotatable bonds is 8. The first kappa shape index (κ1) is 19.6. The predicted molar refractivity (Wildman–Crippen MR) is 105 cm³/mol. The van der Waals surface area contributed by atoms with Crippen molar-refractivity contribution >= 4 is 5.91 Å². The molecule has 0 radical (unpaired) electrons. The van der Waals surface area contributed by atoms with Gasteiger partial charge in [-0.05, 0) is 38.8 Å². The number of aryl methyl sites for hydroxylation is 2. The zero-order valence-electron chi connectivity index (χ0n) is 16.5. The fourth-order valence-electron chi connectivity index (χ4n) is 3.55. The first-order valence-electron chi connectivity index (χ1n) is 9.68. The van der Waals surface area contributed by atoms with Crippen LogP contribution in [0.5, 0.6) is 0 Å². The van der Waals surface area contributed by atoms with Gasteiger partial charge in [0.05, 0.1) is 12.3 Å². The van der Waals surface area contributed by atoms with Crippen LogP contribution in [0.15, 0.2) is 36.7 Å². The minimum absolute atomic E-state index is 0.0770. The van der Waals surface area contributed by atoms with Gasteiger partial charge in [-0.3, -0.25) is 9.48 Å². The zero-order chi connectivity index (χ0) is 19.2. The van der Waals surface area contributed by atoms with Crippen molar-refractivity contribution in [1.82, 2.24) is 20.0 Å². The van der Waals surface area contributed by atoms with Crippen molar-refractivity contribution < 1.29 is 9.53 Å². The summed E-state index contributed by atoms with van der Waals surface area (Å²) >= 11 is 0. The molecule has 2 unspecified atom stereocenters. The number of aromatic nitrogens is 2. The Balaban J connectivity index is 1.72. The molecule has 2 aromatic rings. The normalized spacial score (nSPS) is 17.8. The van der Waals surface area contributed by atoms with Gasteiger partial charge in [0.1, 0.15) is 6.04 Å². The van der Waals surface area contributed by atoms with Crippen molar-refractivity contribution in [3.8, 4) is 0 Å². The van der Waals surface area contributed by atoms with Crippen molar-refractivity contribution in [3.05, 3.63) is 53.3 Å². The fraction of sp³-hybridized carbons (Fsp3) is 0.524. The van der Waals surface area contributed by atoms with E-state index in [4.69, 9.17) is 4.74 Å². The minimum Gasteiger partial charge on any atom is -0.376 e. The second-order valence-electron chi connectivity index (χ2n) is 7.32. The van der Waals surface area contributed by atoms with Gasteiger partial charge in [0.25, 0.3) is 0 Å². The molecule has 1 saturated heterocycles. The molecule has 6 nitrogen and oxygen atoms in total. The lowest BCUT2D eigenvalue weighted by Gasteiger charge is -2.29. The molecular weight excluding hydrogens is 340 g/mol. The van der Waals surface area contributed by atoms with E-state index in [1.807, 2.05) is 25.2 Å². The maximum Gasteiger partial charge on any atom is 0.244 e. The van der Waals surface area contributed by atoms with Crippen LogP contribution in [-0.2, 0) is 23.0 Å². The Bertz CT molecular complexity index is 735. The van der Waals surface area contributed by atoms with E-state index in [-0.39, 0.29) is 12.0 Å². The molecule has 146 valence electrons. The van der Waals surface area contributed by atoms with Gasteiger partial charge < -0.3 is 15.0 Å². The van der Waals surface area contributed by atoms with Gasteiger partial charge in [0.2, 0.25) is 5.91 Å². The lowest BCUT2D eigenvalue weighted by molar-refractivity contribution is -0.135. The number of nitrogens with zero attached hydrogens (tertiary/aromatic N) is 3. The third kappa shape index (κ3) is 5.17. The van der Waals surface area contributed by atoms with Crippen molar-refractivity contribution in [2.24, 2.45) is 7.05 Å². The molecule has 1 N–H and O–H groups in total. The van der Waals surface area contributed by atoms with Crippen LogP contribution < -0.4 is 5.32 Å². The summed E-state index contributed by atoms with van der Waals surface area (Å²) < 4.78 is 7.52. The summed E-state index contributed by atoms with van der Waals surface area (Å²) in [6.07, 6.45) is 6.71. The van der Waals surface area contributed by atoms with E-state index in [1.165, 1.54) is 11.1 Å². The summed E-state index contributed by atoms with van der Waals surface area (Å²) in [6, 6.07) is 8.13. The molecule has 1 aliphatic rings. The number of amides is 1. The Kier molecular flexibility index (Phi) is 6.63. The zero-order valence-corrected chi connectivity index (χ0v) is 16.5. The molecule has 27 heavy (non-hydrogen) atoms. The number of nitrogens with one attached hydrogen (secondary N) is 1. The maximum atomic E-state index is 13.3. The van der Waals surface area contributed by atoms with E-state index < -0.39 is 6.04 Å². The number of ether oxygens (including phenoxy) is 1. The second-order valence-corrected chi connectivity index (χ2v) is 7.32. The molecule has 0 aliphatic carbocycles. The highest BCUT2D eigenvalue weighted by atomic mass is 16.5. The summed E-state index contributed by atoms with van der Waals surface area (Å²) in [4.78, 5) is 15.3. The predicted octanol–water partition coefficient (Wildman–Crippen LogP) is 2.24. The monoisotopic (exact) mass is 370 g/mol. The van der Waals surface area contributed by atoms with Crippen LogP contribution in [0, 0.1) is 6.92 Å². The van der Waals surface area contributed by atoms with Crippen LogP contribution in [0.3, 0.4) is 0 Å². The van der Waals surface area contributed by atoms with Crippen molar-refractivity contribution in [3.63, 3.8) is 0 Å². The molecule has 0 spiro atoms. The van der Waals surface area contributed by atoms with Gasteiger partial charge in [0.15, 0.2) is 0 Å². The van der Waals surface area contributed by atoms with Crippen LogP contribution in [0.1, 0.15) is 35.6 Å². The summed E-state index contributed by atoms with van der Waals surface area (Å²) in [7, 11) is 3.68. The molecule has 1 aliphatic heterocycles. The van der Waals surface area contributed by atoms with Crippen molar-refractivity contribution in [1.29, 1.82) is 0 Å². The summed E-state index contributed by atoms with van der Waals surface area (Å²) in [5, 5.41) is 7.37. The van der Waals surface area contributed by atoms with Gasteiger partial charge >= 0.3 is 0 Å². The Morgan fingerprint density at radius 3 is 2.78 bits per heavy atom. The number of carbonyl (C=O) groups is 1. The summed E-state index contributed by atoms with van der Waals surface area (Å²) in [6.45, 7) is 4.20. The Hall–Kier alpha value is -2.18. The van der Waals surface area contributed by atoms with Crippen LogP contribution in [0.25, 0.3) is 0 Å². The maximum absolute atomic E-state index is 13.3. The quantitative estimate of drug-likeness (QED) is 0.774. The number of benzene rings is 1. The van der Waals surface area contributed by atoms with Crippen LogP contribution in [-0.4, -0.2) is 53.4 Å². The molecule has 1 aromatic heterocycles. The molecule has 1 aromatic carbocycles. The SMILES string of the molecule is CNC(C(=O)N(CCc1ccc(C)cc1)CC1CCCO1)c1cnn(C)c1. The molecule has 3 rings (SSSR count). The molecule has 0 saturated carbocycles. The fourth-order valence-corrected chi connectivity index (χ4v) is 3.55. The number of hydrogen-bond acceptors (Lipinski definition) is 4. The average Bonchev–Trinajstić information content (AvgIpc) is 3.32. The molecule has 6 heteroatoms. The minimum atomic E-state index is -0.391. The smallest absolute Gasteiger partial charge is 0.244 e. The Labute approximate surface area is 161 Å². The van der Waals surface area contributed by atoms with Crippen LogP contribution in [0.2, 0.25) is 0 Å². The lowest BCUT2D eigenvalue weighted by Crippen LogP contribution is -2.44. The number of hydrogen-bond donors (Lipinski definition) is 1. The molecular formula is C21H30N4O2. The van der Waals surface area contributed by atoms with E-state index in [0.717, 1.165) is 31.4 Å². The third-order valence-electron chi connectivity index (χ3n) is 5.14.